The number of carbonyl (C=O) groups excluding carboxylic acids is 2. The molecule has 0 saturated carbocycles. The second kappa shape index (κ2) is 8.96. The Balaban J connectivity index is 1.31. The van der Waals surface area contributed by atoms with Gasteiger partial charge in [0.1, 0.15) is 23.9 Å². The zero-order valence-electron chi connectivity index (χ0n) is 16.0. The van der Waals surface area contributed by atoms with Gasteiger partial charge in [0.25, 0.3) is 5.91 Å². The molecule has 0 fully saturated rings. The third-order valence-electron chi connectivity index (χ3n) is 4.34. The molecule has 3 aromatic carbocycles. The third kappa shape index (κ3) is 5.05. The maximum Gasteiger partial charge on any atom is 0.336 e. The Hall–Kier alpha value is -4.06. The minimum Gasteiger partial charge on any atom is -0.489 e. The molecule has 0 spiro atoms. The Kier molecular flexibility index (Phi) is 5.75. The highest BCUT2D eigenvalue weighted by Crippen LogP contribution is 2.31. The second-order valence-corrected chi connectivity index (χ2v) is 6.59. The van der Waals surface area contributed by atoms with Gasteiger partial charge in [-0.05, 0) is 41.5 Å². The van der Waals surface area contributed by atoms with Gasteiger partial charge in [-0.2, -0.15) is 0 Å². The molecule has 3 aromatic rings. The molecule has 150 valence electrons. The van der Waals surface area contributed by atoms with E-state index in [-0.39, 0.29) is 12.5 Å². The van der Waals surface area contributed by atoms with E-state index in [4.69, 9.17) is 14.2 Å². The van der Waals surface area contributed by atoms with Crippen molar-refractivity contribution >= 4 is 23.6 Å². The predicted molar refractivity (Wildman–Crippen MR) is 112 cm³/mol. The molecular weight excluding hydrogens is 382 g/mol. The number of anilines is 1. The topological polar surface area (TPSA) is 73.9 Å². The lowest BCUT2D eigenvalue weighted by Crippen LogP contribution is -2.25. The van der Waals surface area contributed by atoms with E-state index in [1.165, 1.54) is 6.08 Å². The van der Waals surface area contributed by atoms with Crippen molar-refractivity contribution in [3.63, 3.8) is 0 Å². The van der Waals surface area contributed by atoms with E-state index in [0.29, 0.717) is 23.8 Å². The molecule has 6 nitrogen and oxygen atoms in total. The lowest BCUT2D eigenvalue weighted by molar-refractivity contribution is -0.128. The largest absolute Gasteiger partial charge is 0.489 e. The van der Waals surface area contributed by atoms with E-state index < -0.39 is 5.97 Å². The Labute approximate surface area is 173 Å². The maximum atomic E-state index is 12.1. The van der Waals surface area contributed by atoms with Crippen molar-refractivity contribution in [2.24, 2.45) is 0 Å². The number of hydrogen-bond donors (Lipinski definition) is 1. The zero-order chi connectivity index (χ0) is 20.8. The first kappa shape index (κ1) is 19.3. The van der Waals surface area contributed by atoms with Crippen LogP contribution in [0.15, 0.2) is 78.9 Å². The first-order valence-corrected chi connectivity index (χ1v) is 9.39. The fourth-order valence-corrected chi connectivity index (χ4v) is 2.86. The first-order valence-electron chi connectivity index (χ1n) is 9.39. The van der Waals surface area contributed by atoms with Gasteiger partial charge in [-0.15, -0.1) is 0 Å². The van der Waals surface area contributed by atoms with Crippen LogP contribution in [0.25, 0.3) is 6.08 Å². The number of hydrogen-bond acceptors (Lipinski definition) is 5. The predicted octanol–water partition coefficient (Wildman–Crippen LogP) is 4.22. The number of benzene rings is 3. The van der Waals surface area contributed by atoms with E-state index >= 15 is 0 Å². The van der Waals surface area contributed by atoms with Gasteiger partial charge in [-0.3, -0.25) is 4.79 Å². The number of nitrogens with one attached hydrogen (secondary N) is 1. The van der Waals surface area contributed by atoms with Gasteiger partial charge >= 0.3 is 5.97 Å². The average Bonchev–Trinajstić information content (AvgIpc) is 2.77. The standard InChI is InChI=1S/C24H19NO5/c26-23-16-29-22-12-11-20(14-21(22)25-23)30-24(27)13-8-17-6-9-19(10-7-17)28-15-18-4-2-1-3-5-18/h1-14H,15-16H2,(H,25,26)/b13-8+. The minimum absolute atomic E-state index is 0.0229. The molecule has 0 atom stereocenters. The van der Waals surface area contributed by atoms with E-state index in [2.05, 4.69) is 5.32 Å². The summed E-state index contributed by atoms with van der Waals surface area (Å²) in [4.78, 5) is 23.5. The lowest BCUT2D eigenvalue weighted by Gasteiger charge is -2.18. The fraction of sp³-hybridized carbons (Fsp3) is 0.0833. The van der Waals surface area contributed by atoms with Crippen LogP contribution < -0.4 is 19.5 Å². The van der Waals surface area contributed by atoms with Gasteiger partial charge in [-0.1, -0.05) is 42.5 Å². The zero-order valence-corrected chi connectivity index (χ0v) is 16.0. The molecule has 1 aliphatic rings. The van der Waals surface area contributed by atoms with Crippen LogP contribution in [0.5, 0.6) is 17.2 Å². The molecule has 1 N–H and O–H groups in total. The highest BCUT2D eigenvalue weighted by Gasteiger charge is 2.16. The summed E-state index contributed by atoms with van der Waals surface area (Å²) in [6, 6.07) is 22.1. The number of rotatable bonds is 6. The Morgan fingerprint density at radius 1 is 1.00 bits per heavy atom. The van der Waals surface area contributed by atoms with Crippen LogP contribution in [0.2, 0.25) is 0 Å². The minimum atomic E-state index is -0.526. The first-order chi connectivity index (χ1) is 14.7. The summed E-state index contributed by atoms with van der Waals surface area (Å²) in [6.45, 7) is 0.472. The molecule has 1 heterocycles. The van der Waals surface area contributed by atoms with Gasteiger partial charge in [0.05, 0.1) is 5.69 Å². The molecule has 6 heteroatoms. The molecule has 30 heavy (non-hydrogen) atoms. The number of amides is 1. The molecule has 4 rings (SSSR count). The van der Waals surface area contributed by atoms with Gasteiger partial charge in [0, 0.05) is 12.1 Å². The smallest absolute Gasteiger partial charge is 0.336 e. The SMILES string of the molecule is O=C1COc2ccc(OC(=O)/C=C/c3ccc(OCc4ccccc4)cc3)cc2N1. The van der Waals surface area contributed by atoms with Crippen molar-refractivity contribution in [2.45, 2.75) is 6.61 Å². The summed E-state index contributed by atoms with van der Waals surface area (Å²) in [5.74, 6) is 0.833. The number of esters is 1. The Morgan fingerprint density at radius 3 is 2.57 bits per heavy atom. The van der Waals surface area contributed by atoms with Crippen molar-refractivity contribution in [2.75, 3.05) is 11.9 Å². The van der Waals surface area contributed by atoms with E-state index in [0.717, 1.165) is 16.9 Å². The van der Waals surface area contributed by atoms with Gasteiger partial charge in [0.15, 0.2) is 6.61 Å². The van der Waals surface area contributed by atoms with Crippen molar-refractivity contribution < 1.29 is 23.8 Å². The van der Waals surface area contributed by atoms with Crippen LogP contribution in [0.1, 0.15) is 11.1 Å². The van der Waals surface area contributed by atoms with Crippen LogP contribution in [-0.4, -0.2) is 18.5 Å². The normalized spacial score (nSPS) is 12.6. The molecular formula is C24H19NO5. The summed E-state index contributed by atoms with van der Waals surface area (Å²) in [5.41, 5.74) is 2.41. The lowest BCUT2D eigenvalue weighted by atomic mass is 10.2. The highest BCUT2D eigenvalue weighted by molar-refractivity contribution is 5.96. The maximum absolute atomic E-state index is 12.1. The molecule has 0 bridgehead atoms. The van der Waals surface area contributed by atoms with Gasteiger partial charge in [0.2, 0.25) is 0 Å². The van der Waals surface area contributed by atoms with E-state index in [9.17, 15) is 9.59 Å². The van der Waals surface area contributed by atoms with Crippen molar-refractivity contribution in [3.05, 3.63) is 90.0 Å². The molecule has 0 aliphatic carbocycles. The molecule has 0 radical (unpaired) electrons. The number of carbonyl (C=O) groups is 2. The summed E-state index contributed by atoms with van der Waals surface area (Å²) in [5, 5.41) is 2.67. The van der Waals surface area contributed by atoms with Gasteiger partial charge in [-0.25, -0.2) is 4.79 Å². The summed E-state index contributed by atoms with van der Waals surface area (Å²) >= 11 is 0. The van der Waals surface area contributed by atoms with Crippen molar-refractivity contribution in [1.29, 1.82) is 0 Å². The summed E-state index contributed by atoms with van der Waals surface area (Å²) in [6.07, 6.45) is 3.00. The van der Waals surface area contributed by atoms with Crippen LogP contribution in [-0.2, 0) is 16.2 Å². The third-order valence-corrected chi connectivity index (χ3v) is 4.34. The molecule has 1 amide bonds. The molecule has 0 aromatic heterocycles. The second-order valence-electron chi connectivity index (χ2n) is 6.59. The van der Waals surface area contributed by atoms with Crippen molar-refractivity contribution in [3.8, 4) is 17.2 Å². The quantitative estimate of drug-likeness (QED) is 0.380. The van der Waals surface area contributed by atoms with Crippen molar-refractivity contribution in [1.82, 2.24) is 0 Å². The van der Waals surface area contributed by atoms with E-state index in [1.54, 1.807) is 24.3 Å². The highest BCUT2D eigenvalue weighted by atomic mass is 16.5. The molecule has 0 unspecified atom stereocenters. The fourth-order valence-electron chi connectivity index (χ4n) is 2.86. The summed E-state index contributed by atoms with van der Waals surface area (Å²) < 4.78 is 16.3. The van der Waals surface area contributed by atoms with Crippen LogP contribution in [0, 0.1) is 0 Å². The Bertz CT molecular complexity index is 1070. The summed E-state index contributed by atoms with van der Waals surface area (Å²) in [7, 11) is 0. The van der Waals surface area contributed by atoms with Crippen LogP contribution >= 0.6 is 0 Å². The van der Waals surface area contributed by atoms with Crippen LogP contribution in [0.3, 0.4) is 0 Å². The molecule has 1 aliphatic heterocycles. The van der Waals surface area contributed by atoms with Crippen LogP contribution in [0.4, 0.5) is 5.69 Å². The monoisotopic (exact) mass is 401 g/mol. The number of ether oxygens (including phenoxy) is 3. The molecule has 0 saturated heterocycles. The van der Waals surface area contributed by atoms with E-state index in [1.807, 2.05) is 54.6 Å². The average molecular weight is 401 g/mol. The van der Waals surface area contributed by atoms with Gasteiger partial charge < -0.3 is 19.5 Å². The Morgan fingerprint density at radius 2 is 1.77 bits per heavy atom. The number of fused-ring (bicyclic) bond motifs is 1.